The minimum atomic E-state index is -0.378. The fourth-order valence-electron chi connectivity index (χ4n) is 2.67. The van der Waals surface area contributed by atoms with Crippen LogP contribution in [-0.4, -0.2) is 18.3 Å². The second kappa shape index (κ2) is 6.50. The van der Waals surface area contributed by atoms with Crippen molar-refractivity contribution in [3.63, 3.8) is 0 Å². The second-order valence-corrected chi connectivity index (χ2v) is 5.42. The molecule has 1 aromatic carbocycles. The maximum atomic E-state index is 13.0. The number of halogens is 2. The molecule has 1 aromatic rings. The van der Waals surface area contributed by atoms with Crippen molar-refractivity contribution >= 4 is 11.6 Å². The first-order valence-electron chi connectivity index (χ1n) is 6.46. The van der Waals surface area contributed by atoms with Gasteiger partial charge in [-0.05, 0) is 48.9 Å². The molecule has 0 aliphatic heterocycles. The van der Waals surface area contributed by atoms with Gasteiger partial charge in [-0.25, -0.2) is 4.39 Å². The van der Waals surface area contributed by atoms with Gasteiger partial charge in [0.15, 0.2) is 0 Å². The molecular weight excluding hydrogens is 253 g/mol. The Morgan fingerprint density at radius 3 is 2.83 bits per heavy atom. The summed E-state index contributed by atoms with van der Waals surface area (Å²) in [6, 6.07) is 4.79. The van der Waals surface area contributed by atoms with Gasteiger partial charge in [0.2, 0.25) is 0 Å². The number of hydrogen-bond acceptors (Lipinski definition) is 2. The van der Waals surface area contributed by atoms with E-state index in [9.17, 15) is 9.50 Å². The molecular formula is C14H19ClFNO. The van der Waals surface area contributed by atoms with Gasteiger partial charge in [0, 0.05) is 13.2 Å². The van der Waals surface area contributed by atoms with E-state index in [2.05, 4.69) is 5.32 Å². The summed E-state index contributed by atoms with van der Waals surface area (Å²) in [5.74, 6) is 0.622. The van der Waals surface area contributed by atoms with Crippen LogP contribution in [0.15, 0.2) is 18.2 Å². The molecule has 0 heterocycles. The minimum Gasteiger partial charge on any atom is -0.396 e. The fourth-order valence-corrected chi connectivity index (χ4v) is 2.88. The summed E-state index contributed by atoms with van der Waals surface area (Å²) in [4.78, 5) is 0. The lowest BCUT2D eigenvalue weighted by molar-refractivity contribution is 0.192. The summed E-state index contributed by atoms with van der Waals surface area (Å²) < 4.78 is 13.0. The van der Waals surface area contributed by atoms with E-state index in [1.54, 1.807) is 12.1 Å². The number of benzene rings is 1. The zero-order chi connectivity index (χ0) is 13.0. The number of nitrogens with one attached hydrogen (secondary N) is 1. The van der Waals surface area contributed by atoms with Crippen LogP contribution >= 0.6 is 11.6 Å². The fraction of sp³-hybridized carbons (Fsp3) is 0.571. The number of aliphatic hydroxyl groups excluding tert-OH is 1. The zero-order valence-corrected chi connectivity index (χ0v) is 11.1. The molecule has 0 radical (unpaired) electrons. The third-order valence-electron chi connectivity index (χ3n) is 3.77. The minimum absolute atomic E-state index is 0.170. The molecule has 100 valence electrons. The molecule has 1 fully saturated rings. The van der Waals surface area contributed by atoms with Crippen molar-refractivity contribution < 1.29 is 9.50 Å². The second-order valence-electron chi connectivity index (χ2n) is 5.01. The Bertz CT molecular complexity index is 399. The third kappa shape index (κ3) is 3.44. The Labute approximate surface area is 112 Å². The average Bonchev–Trinajstić information content (AvgIpc) is 2.81. The predicted octanol–water partition coefficient (Wildman–Crippen LogP) is 2.98. The van der Waals surface area contributed by atoms with Gasteiger partial charge in [-0.2, -0.15) is 0 Å². The first-order valence-corrected chi connectivity index (χ1v) is 6.84. The monoisotopic (exact) mass is 271 g/mol. The van der Waals surface area contributed by atoms with Crippen molar-refractivity contribution in [1.82, 2.24) is 5.32 Å². The first-order chi connectivity index (χ1) is 8.70. The Morgan fingerprint density at radius 1 is 1.33 bits per heavy atom. The first kappa shape index (κ1) is 13.8. The molecule has 2 rings (SSSR count). The van der Waals surface area contributed by atoms with Crippen molar-refractivity contribution in [3.8, 4) is 0 Å². The molecule has 0 saturated heterocycles. The summed E-state index contributed by atoms with van der Waals surface area (Å²) in [6.45, 7) is 1.88. The molecule has 0 spiro atoms. The van der Waals surface area contributed by atoms with Crippen LogP contribution in [0.1, 0.15) is 24.8 Å². The Hall–Kier alpha value is -0.640. The molecule has 2 unspecified atom stereocenters. The van der Waals surface area contributed by atoms with E-state index in [0.29, 0.717) is 18.4 Å². The highest BCUT2D eigenvalue weighted by atomic mass is 35.5. The summed E-state index contributed by atoms with van der Waals surface area (Å²) in [5, 5.41) is 12.8. The maximum Gasteiger partial charge on any atom is 0.141 e. The van der Waals surface area contributed by atoms with Crippen LogP contribution in [0.2, 0.25) is 5.02 Å². The smallest absolute Gasteiger partial charge is 0.141 e. The van der Waals surface area contributed by atoms with Gasteiger partial charge < -0.3 is 10.4 Å². The highest BCUT2D eigenvalue weighted by Crippen LogP contribution is 2.30. The van der Waals surface area contributed by atoms with E-state index in [1.165, 1.54) is 18.9 Å². The van der Waals surface area contributed by atoms with Crippen LogP contribution in [-0.2, 0) is 6.54 Å². The van der Waals surface area contributed by atoms with E-state index in [0.717, 1.165) is 18.5 Å². The van der Waals surface area contributed by atoms with Gasteiger partial charge in [0.25, 0.3) is 0 Å². The number of aliphatic hydroxyl groups is 1. The van der Waals surface area contributed by atoms with Crippen molar-refractivity contribution in [2.24, 2.45) is 11.8 Å². The summed E-state index contributed by atoms with van der Waals surface area (Å²) in [5.41, 5.74) is 0.986. The van der Waals surface area contributed by atoms with E-state index in [1.807, 2.05) is 0 Å². The molecule has 1 aliphatic rings. The van der Waals surface area contributed by atoms with Crippen molar-refractivity contribution in [2.45, 2.75) is 25.8 Å². The Kier molecular flexibility index (Phi) is 4.98. The number of hydrogen-bond donors (Lipinski definition) is 2. The number of rotatable bonds is 5. The quantitative estimate of drug-likeness (QED) is 0.863. The van der Waals surface area contributed by atoms with Gasteiger partial charge in [0.05, 0.1) is 5.02 Å². The molecule has 2 nitrogen and oxygen atoms in total. The van der Waals surface area contributed by atoms with Gasteiger partial charge in [-0.1, -0.05) is 24.1 Å². The maximum absolute atomic E-state index is 13.0. The Balaban J connectivity index is 1.79. The molecule has 2 N–H and O–H groups in total. The van der Waals surface area contributed by atoms with E-state index < -0.39 is 0 Å². The Morgan fingerprint density at radius 2 is 2.11 bits per heavy atom. The third-order valence-corrected chi connectivity index (χ3v) is 4.06. The van der Waals surface area contributed by atoms with Crippen LogP contribution in [0.5, 0.6) is 0 Å². The summed E-state index contributed by atoms with van der Waals surface area (Å²) >= 11 is 5.73. The zero-order valence-electron chi connectivity index (χ0n) is 10.3. The topological polar surface area (TPSA) is 32.3 Å². The molecule has 2 atom stereocenters. The van der Waals surface area contributed by atoms with Crippen LogP contribution in [0.25, 0.3) is 0 Å². The van der Waals surface area contributed by atoms with Crippen LogP contribution < -0.4 is 5.32 Å². The van der Waals surface area contributed by atoms with Crippen molar-refractivity contribution in [2.75, 3.05) is 13.2 Å². The van der Waals surface area contributed by atoms with Crippen molar-refractivity contribution in [3.05, 3.63) is 34.6 Å². The van der Waals surface area contributed by atoms with E-state index in [4.69, 9.17) is 11.6 Å². The molecule has 0 amide bonds. The molecule has 0 bridgehead atoms. The summed E-state index contributed by atoms with van der Waals surface area (Å²) in [6.07, 6.45) is 3.52. The van der Waals surface area contributed by atoms with Gasteiger partial charge in [0.1, 0.15) is 5.82 Å². The SMILES string of the molecule is OCC1CCCC1CNCc1ccc(F)c(Cl)c1. The van der Waals surface area contributed by atoms with Crippen LogP contribution in [0.4, 0.5) is 4.39 Å². The lowest BCUT2D eigenvalue weighted by atomic mass is 9.97. The molecule has 1 saturated carbocycles. The lowest BCUT2D eigenvalue weighted by Gasteiger charge is -2.17. The lowest BCUT2D eigenvalue weighted by Crippen LogP contribution is -2.26. The van der Waals surface area contributed by atoms with E-state index in [-0.39, 0.29) is 17.4 Å². The molecule has 18 heavy (non-hydrogen) atoms. The van der Waals surface area contributed by atoms with Gasteiger partial charge >= 0.3 is 0 Å². The van der Waals surface area contributed by atoms with Crippen LogP contribution in [0, 0.1) is 17.7 Å². The normalized spacial score (nSPS) is 23.5. The highest BCUT2D eigenvalue weighted by Gasteiger charge is 2.25. The van der Waals surface area contributed by atoms with Crippen molar-refractivity contribution in [1.29, 1.82) is 0 Å². The van der Waals surface area contributed by atoms with Gasteiger partial charge in [-0.15, -0.1) is 0 Å². The largest absolute Gasteiger partial charge is 0.396 e. The average molecular weight is 272 g/mol. The summed E-state index contributed by atoms with van der Waals surface area (Å²) in [7, 11) is 0. The molecule has 4 heteroatoms. The molecule has 0 aromatic heterocycles. The van der Waals surface area contributed by atoms with Crippen LogP contribution in [0.3, 0.4) is 0 Å². The van der Waals surface area contributed by atoms with E-state index >= 15 is 0 Å². The highest BCUT2D eigenvalue weighted by molar-refractivity contribution is 6.30. The predicted molar refractivity (Wildman–Crippen MR) is 71.0 cm³/mol. The standard InChI is InChI=1S/C14H19ClFNO/c15-13-6-10(4-5-14(13)16)7-17-8-11-2-1-3-12(11)9-18/h4-6,11-12,17-18H,1-3,7-9H2. The molecule has 1 aliphatic carbocycles. The van der Waals surface area contributed by atoms with Gasteiger partial charge in [-0.3, -0.25) is 0 Å².